The number of carbonyl (C=O) groups excluding carboxylic acids is 2. The average molecular weight is 286 g/mol. The molecule has 2 N–H and O–H groups in total. The standard InChI is InChI=1S/C15H14N2O4/c1-9-3-4-10(15(20)21-2)6-13(9)17-14(19)11-5-12(18)8-16-7-11/h3-8,18H,1-2H3,(H,17,19). The zero-order chi connectivity index (χ0) is 15.4. The molecule has 0 fully saturated rings. The maximum Gasteiger partial charge on any atom is 0.337 e. The lowest BCUT2D eigenvalue weighted by Gasteiger charge is -2.10. The molecule has 2 rings (SSSR count). The van der Waals surface area contributed by atoms with Crippen LogP contribution in [-0.4, -0.2) is 29.1 Å². The molecule has 1 amide bonds. The summed E-state index contributed by atoms with van der Waals surface area (Å²) in [6.45, 7) is 1.80. The van der Waals surface area contributed by atoms with Gasteiger partial charge in [0.15, 0.2) is 0 Å². The SMILES string of the molecule is COC(=O)c1ccc(C)c(NC(=O)c2cncc(O)c2)c1. The summed E-state index contributed by atoms with van der Waals surface area (Å²) in [6.07, 6.45) is 2.58. The first-order valence-corrected chi connectivity index (χ1v) is 6.15. The lowest BCUT2D eigenvalue weighted by atomic mass is 10.1. The highest BCUT2D eigenvalue weighted by molar-refractivity contribution is 6.05. The van der Waals surface area contributed by atoms with Crippen molar-refractivity contribution in [1.82, 2.24) is 4.98 Å². The number of aromatic nitrogens is 1. The fraction of sp³-hybridized carbons (Fsp3) is 0.133. The van der Waals surface area contributed by atoms with E-state index in [2.05, 4.69) is 15.0 Å². The topological polar surface area (TPSA) is 88.5 Å². The van der Waals surface area contributed by atoms with Crippen molar-refractivity contribution in [2.75, 3.05) is 12.4 Å². The van der Waals surface area contributed by atoms with Gasteiger partial charge in [-0.15, -0.1) is 0 Å². The van der Waals surface area contributed by atoms with E-state index in [-0.39, 0.29) is 11.3 Å². The van der Waals surface area contributed by atoms with Crippen LogP contribution in [0.1, 0.15) is 26.3 Å². The maximum absolute atomic E-state index is 12.1. The van der Waals surface area contributed by atoms with Crippen LogP contribution in [0.3, 0.4) is 0 Å². The van der Waals surface area contributed by atoms with Crippen molar-refractivity contribution in [1.29, 1.82) is 0 Å². The summed E-state index contributed by atoms with van der Waals surface area (Å²) in [6, 6.07) is 6.17. The van der Waals surface area contributed by atoms with Crippen LogP contribution in [0.15, 0.2) is 36.7 Å². The van der Waals surface area contributed by atoms with E-state index in [9.17, 15) is 14.7 Å². The van der Waals surface area contributed by atoms with E-state index in [1.807, 2.05) is 0 Å². The number of methoxy groups -OCH3 is 1. The van der Waals surface area contributed by atoms with Crippen LogP contribution in [0.5, 0.6) is 5.75 Å². The smallest absolute Gasteiger partial charge is 0.337 e. The third kappa shape index (κ3) is 3.36. The van der Waals surface area contributed by atoms with Crippen molar-refractivity contribution in [3.8, 4) is 5.75 Å². The Morgan fingerprint density at radius 2 is 1.95 bits per heavy atom. The predicted octanol–water partition coefficient (Wildman–Crippen LogP) is 2.13. The number of nitrogens with one attached hydrogen (secondary N) is 1. The first-order valence-electron chi connectivity index (χ1n) is 6.15. The van der Waals surface area contributed by atoms with Gasteiger partial charge in [0, 0.05) is 11.9 Å². The molecule has 6 heteroatoms. The molecule has 0 atom stereocenters. The highest BCUT2D eigenvalue weighted by Crippen LogP contribution is 2.19. The lowest BCUT2D eigenvalue weighted by molar-refractivity contribution is 0.0600. The second kappa shape index (κ2) is 6.04. The molecule has 0 spiro atoms. The molecule has 6 nitrogen and oxygen atoms in total. The maximum atomic E-state index is 12.1. The van der Waals surface area contributed by atoms with Gasteiger partial charge in [0.2, 0.25) is 0 Å². The van der Waals surface area contributed by atoms with Gasteiger partial charge < -0.3 is 15.2 Å². The molecule has 1 aromatic carbocycles. The highest BCUT2D eigenvalue weighted by Gasteiger charge is 2.12. The fourth-order valence-corrected chi connectivity index (χ4v) is 1.75. The first-order chi connectivity index (χ1) is 10.0. The molecule has 0 saturated heterocycles. The number of aryl methyl sites for hydroxylation is 1. The number of esters is 1. The van der Waals surface area contributed by atoms with Gasteiger partial charge in [0.25, 0.3) is 5.91 Å². The normalized spacial score (nSPS) is 10.0. The van der Waals surface area contributed by atoms with E-state index in [4.69, 9.17) is 0 Å². The number of amides is 1. The molecule has 1 aromatic heterocycles. The van der Waals surface area contributed by atoms with Crippen LogP contribution in [-0.2, 0) is 4.74 Å². The lowest BCUT2D eigenvalue weighted by Crippen LogP contribution is -2.14. The van der Waals surface area contributed by atoms with Gasteiger partial charge in [0.05, 0.1) is 24.4 Å². The van der Waals surface area contributed by atoms with E-state index >= 15 is 0 Å². The van der Waals surface area contributed by atoms with E-state index < -0.39 is 11.9 Å². The summed E-state index contributed by atoms with van der Waals surface area (Å²) in [5.41, 5.74) is 1.85. The number of ether oxygens (including phenoxy) is 1. The van der Waals surface area contributed by atoms with Crippen LogP contribution in [0.2, 0.25) is 0 Å². The summed E-state index contributed by atoms with van der Waals surface area (Å²) in [4.78, 5) is 27.3. The number of rotatable bonds is 3. The second-order valence-electron chi connectivity index (χ2n) is 4.41. The minimum Gasteiger partial charge on any atom is -0.506 e. The Balaban J connectivity index is 2.26. The third-order valence-electron chi connectivity index (χ3n) is 2.89. The second-order valence-corrected chi connectivity index (χ2v) is 4.41. The number of anilines is 1. The number of hydrogen-bond donors (Lipinski definition) is 2. The molecule has 0 aliphatic rings. The van der Waals surface area contributed by atoms with Gasteiger partial charge in [-0.2, -0.15) is 0 Å². The number of carbonyl (C=O) groups is 2. The van der Waals surface area contributed by atoms with Gasteiger partial charge in [-0.05, 0) is 30.7 Å². The average Bonchev–Trinajstić information content (AvgIpc) is 2.48. The van der Waals surface area contributed by atoms with Gasteiger partial charge in [-0.3, -0.25) is 9.78 Å². The van der Waals surface area contributed by atoms with Crippen LogP contribution in [0.4, 0.5) is 5.69 Å². The zero-order valence-corrected chi connectivity index (χ0v) is 11.6. The van der Waals surface area contributed by atoms with E-state index in [1.165, 1.54) is 31.6 Å². The quantitative estimate of drug-likeness (QED) is 0.844. The van der Waals surface area contributed by atoms with Crippen LogP contribution < -0.4 is 5.32 Å². The van der Waals surface area contributed by atoms with Crippen molar-refractivity contribution in [3.05, 3.63) is 53.3 Å². The van der Waals surface area contributed by atoms with Gasteiger partial charge in [-0.25, -0.2) is 4.79 Å². The summed E-state index contributed by atoms with van der Waals surface area (Å²) in [5, 5.41) is 12.0. The number of hydrogen-bond acceptors (Lipinski definition) is 5. The molecule has 0 saturated carbocycles. The van der Waals surface area contributed by atoms with E-state index in [0.29, 0.717) is 11.3 Å². The highest BCUT2D eigenvalue weighted by atomic mass is 16.5. The summed E-state index contributed by atoms with van der Waals surface area (Å²) in [7, 11) is 1.29. The minimum absolute atomic E-state index is 0.0947. The molecule has 0 radical (unpaired) electrons. The van der Waals surface area contributed by atoms with Gasteiger partial charge >= 0.3 is 5.97 Å². The van der Waals surface area contributed by atoms with Crippen LogP contribution in [0, 0.1) is 6.92 Å². The Morgan fingerprint density at radius 1 is 1.19 bits per heavy atom. The Morgan fingerprint density at radius 3 is 2.62 bits per heavy atom. The first kappa shape index (κ1) is 14.5. The predicted molar refractivity (Wildman–Crippen MR) is 76.4 cm³/mol. The third-order valence-corrected chi connectivity index (χ3v) is 2.89. The van der Waals surface area contributed by atoms with Crippen molar-refractivity contribution in [2.45, 2.75) is 6.92 Å². The molecule has 0 bridgehead atoms. The fourth-order valence-electron chi connectivity index (χ4n) is 1.75. The Labute approximate surface area is 121 Å². The van der Waals surface area contributed by atoms with Crippen molar-refractivity contribution in [3.63, 3.8) is 0 Å². The molecule has 1 heterocycles. The van der Waals surface area contributed by atoms with Crippen molar-refractivity contribution >= 4 is 17.6 Å². The minimum atomic E-state index is -0.482. The molecule has 108 valence electrons. The van der Waals surface area contributed by atoms with E-state index in [0.717, 1.165) is 5.56 Å². The number of benzene rings is 1. The van der Waals surface area contributed by atoms with E-state index in [1.54, 1.807) is 19.1 Å². The summed E-state index contributed by atoms with van der Waals surface area (Å²) in [5.74, 6) is -1.00. The Hall–Kier alpha value is -2.89. The Kier molecular flexibility index (Phi) is 4.18. The molecule has 0 aliphatic heterocycles. The van der Waals surface area contributed by atoms with Gasteiger partial charge in [0.1, 0.15) is 5.75 Å². The van der Waals surface area contributed by atoms with Crippen LogP contribution >= 0.6 is 0 Å². The molecule has 2 aromatic rings. The van der Waals surface area contributed by atoms with Gasteiger partial charge in [-0.1, -0.05) is 6.07 Å². The molecule has 0 unspecified atom stereocenters. The summed E-state index contributed by atoms with van der Waals surface area (Å²) >= 11 is 0. The zero-order valence-electron chi connectivity index (χ0n) is 11.6. The van der Waals surface area contributed by atoms with Crippen molar-refractivity contribution < 1.29 is 19.4 Å². The summed E-state index contributed by atoms with van der Waals surface area (Å²) < 4.78 is 4.64. The number of nitrogens with zero attached hydrogens (tertiary/aromatic N) is 1. The largest absolute Gasteiger partial charge is 0.506 e. The monoisotopic (exact) mass is 286 g/mol. The van der Waals surface area contributed by atoms with Crippen molar-refractivity contribution in [2.24, 2.45) is 0 Å². The number of pyridine rings is 1. The molecular formula is C15H14N2O4. The molecule has 21 heavy (non-hydrogen) atoms. The number of aromatic hydroxyl groups is 1. The molecular weight excluding hydrogens is 272 g/mol. The van der Waals surface area contributed by atoms with Crippen LogP contribution in [0.25, 0.3) is 0 Å². The Bertz CT molecular complexity index is 698. The molecule has 0 aliphatic carbocycles.